The summed E-state index contributed by atoms with van der Waals surface area (Å²) in [6.45, 7) is 6.22. The zero-order chi connectivity index (χ0) is 17.1. The van der Waals surface area contributed by atoms with Gasteiger partial charge in [-0.3, -0.25) is 4.79 Å². The van der Waals surface area contributed by atoms with Gasteiger partial charge in [0.2, 0.25) is 5.89 Å². The van der Waals surface area contributed by atoms with E-state index in [0.717, 1.165) is 15.6 Å². The van der Waals surface area contributed by atoms with Crippen LogP contribution in [0.5, 0.6) is 0 Å². The molecule has 0 aliphatic carbocycles. The van der Waals surface area contributed by atoms with Crippen molar-refractivity contribution in [1.29, 1.82) is 0 Å². The van der Waals surface area contributed by atoms with Gasteiger partial charge in [-0.2, -0.15) is 4.98 Å². The second-order valence-corrected chi connectivity index (χ2v) is 7.73. The number of amides is 1. The van der Waals surface area contributed by atoms with Gasteiger partial charge in [0.15, 0.2) is 5.82 Å². The number of aryl methyl sites for hydroxylation is 1. The van der Waals surface area contributed by atoms with Crippen molar-refractivity contribution >= 4 is 28.6 Å². The molecule has 0 saturated heterocycles. The van der Waals surface area contributed by atoms with Gasteiger partial charge in [0.1, 0.15) is 4.88 Å². The van der Waals surface area contributed by atoms with Gasteiger partial charge in [0.05, 0.1) is 23.7 Å². The Morgan fingerprint density at radius 1 is 1.38 bits per heavy atom. The van der Waals surface area contributed by atoms with E-state index >= 15 is 0 Å². The largest absolute Gasteiger partial charge is 0.344 e. The van der Waals surface area contributed by atoms with Crippen molar-refractivity contribution in [2.75, 3.05) is 0 Å². The van der Waals surface area contributed by atoms with E-state index in [0.29, 0.717) is 28.9 Å². The smallest absolute Gasteiger partial charge is 0.263 e. The van der Waals surface area contributed by atoms with Gasteiger partial charge in [-0.05, 0) is 18.4 Å². The van der Waals surface area contributed by atoms with Gasteiger partial charge >= 0.3 is 0 Å². The van der Waals surface area contributed by atoms with Gasteiger partial charge in [0.25, 0.3) is 5.91 Å². The summed E-state index contributed by atoms with van der Waals surface area (Å²) < 4.78 is 5.22. The Labute approximate surface area is 147 Å². The van der Waals surface area contributed by atoms with Crippen molar-refractivity contribution in [2.45, 2.75) is 39.7 Å². The molecule has 0 radical (unpaired) electrons. The van der Waals surface area contributed by atoms with Crippen LogP contribution >= 0.6 is 22.7 Å². The Bertz CT molecular complexity index is 821. The van der Waals surface area contributed by atoms with Crippen LogP contribution in [0.4, 0.5) is 0 Å². The first-order valence-electron chi connectivity index (χ1n) is 7.62. The molecule has 1 amide bonds. The lowest BCUT2D eigenvalue weighted by molar-refractivity contribution is 0.0953. The first-order chi connectivity index (χ1) is 11.5. The molecule has 6 nitrogen and oxygen atoms in total. The number of hydrogen-bond donors (Lipinski definition) is 1. The molecule has 24 heavy (non-hydrogen) atoms. The zero-order valence-corrected chi connectivity index (χ0v) is 15.3. The molecule has 1 N–H and O–H groups in total. The number of thiazole rings is 1. The summed E-state index contributed by atoms with van der Waals surface area (Å²) in [5, 5.41) is 9.72. The van der Waals surface area contributed by atoms with Gasteiger partial charge in [-0.25, -0.2) is 4.98 Å². The van der Waals surface area contributed by atoms with Gasteiger partial charge in [0, 0.05) is 10.8 Å². The van der Waals surface area contributed by atoms with Crippen molar-refractivity contribution in [3.05, 3.63) is 49.7 Å². The Morgan fingerprint density at radius 3 is 2.88 bits per heavy atom. The maximum atomic E-state index is 12.3. The highest BCUT2D eigenvalue weighted by Crippen LogP contribution is 2.24. The average molecular weight is 362 g/mol. The molecule has 8 heteroatoms. The van der Waals surface area contributed by atoms with Gasteiger partial charge < -0.3 is 9.84 Å². The highest BCUT2D eigenvalue weighted by molar-refractivity contribution is 7.13. The van der Waals surface area contributed by atoms with Crippen molar-refractivity contribution in [3.8, 4) is 0 Å². The summed E-state index contributed by atoms with van der Waals surface area (Å²) in [6, 6.07) is 4.01. The predicted octanol–water partition coefficient (Wildman–Crippen LogP) is 3.54. The molecule has 3 rings (SSSR count). The summed E-state index contributed by atoms with van der Waals surface area (Å²) >= 11 is 3.08. The monoisotopic (exact) mass is 362 g/mol. The Hall–Kier alpha value is -2.06. The molecule has 0 fully saturated rings. The van der Waals surface area contributed by atoms with Crippen LogP contribution in [-0.4, -0.2) is 21.0 Å². The highest BCUT2D eigenvalue weighted by atomic mass is 32.1. The fraction of sp³-hybridized carbons (Fsp3) is 0.375. The maximum Gasteiger partial charge on any atom is 0.263 e. The molecule has 126 valence electrons. The van der Waals surface area contributed by atoms with E-state index in [1.165, 1.54) is 11.3 Å². The van der Waals surface area contributed by atoms with E-state index in [1.54, 1.807) is 11.3 Å². The quantitative estimate of drug-likeness (QED) is 0.725. The fourth-order valence-electron chi connectivity index (χ4n) is 2.11. The lowest BCUT2D eigenvalue weighted by Crippen LogP contribution is -2.23. The predicted molar refractivity (Wildman–Crippen MR) is 93.5 cm³/mol. The van der Waals surface area contributed by atoms with Crippen LogP contribution in [-0.2, 0) is 13.0 Å². The van der Waals surface area contributed by atoms with E-state index in [1.807, 2.05) is 24.4 Å². The molecule has 0 atom stereocenters. The topological polar surface area (TPSA) is 80.9 Å². The van der Waals surface area contributed by atoms with Crippen molar-refractivity contribution < 1.29 is 9.32 Å². The summed E-state index contributed by atoms with van der Waals surface area (Å²) in [5.41, 5.74) is 0.757. The van der Waals surface area contributed by atoms with Gasteiger partial charge in [-0.15, -0.1) is 22.7 Å². The van der Waals surface area contributed by atoms with Crippen LogP contribution < -0.4 is 5.32 Å². The number of nitrogens with one attached hydrogen (secondary N) is 1. The second-order valence-electron chi connectivity index (χ2n) is 5.66. The van der Waals surface area contributed by atoms with Crippen LogP contribution in [0.3, 0.4) is 0 Å². The van der Waals surface area contributed by atoms with Crippen LogP contribution in [0.25, 0.3) is 0 Å². The molecule has 0 aliphatic rings. The van der Waals surface area contributed by atoms with Gasteiger partial charge in [-0.1, -0.05) is 25.1 Å². The molecule has 0 bridgehead atoms. The van der Waals surface area contributed by atoms with Crippen LogP contribution in [0.15, 0.2) is 22.0 Å². The second kappa shape index (κ2) is 7.23. The minimum absolute atomic E-state index is 0.151. The lowest BCUT2D eigenvalue weighted by atomic mass is 10.2. The van der Waals surface area contributed by atoms with Crippen LogP contribution in [0.2, 0.25) is 0 Å². The number of thiophene rings is 1. The van der Waals surface area contributed by atoms with Crippen LogP contribution in [0, 0.1) is 6.92 Å². The van der Waals surface area contributed by atoms with E-state index in [2.05, 4.69) is 34.3 Å². The number of carbonyl (C=O) groups excluding carboxylic acids is 1. The number of aromatic nitrogens is 3. The summed E-state index contributed by atoms with van der Waals surface area (Å²) in [6.07, 6.45) is 0.615. The Balaban J connectivity index is 1.59. The third-order valence-electron chi connectivity index (χ3n) is 3.34. The third-order valence-corrected chi connectivity index (χ3v) is 5.67. The standard InChI is InChI=1S/C16H18N4O2S2/c1-9(2)16-18-10(3)14(24-16)15(21)17-8-12-19-13(22-20-12)7-11-5-4-6-23-11/h4-6,9H,7-8H2,1-3H3,(H,17,21). The minimum atomic E-state index is -0.151. The molecule has 0 aliphatic heterocycles. The fourth-order valence-corrected chi connectivity index (χ4v) is 3.79. The molecule has 3 heterocycles. The zero-order valence-electron chi connectivity index (χ0n) is 13.7. The number of hydrogen-bond acceptors (Lipinski definition) is 7. The number of carbonyl (C=O) groups is 1. The molecule has 0 aromatic carbocycles. The first kappa shape index (κ1) is 16.8. The molecular weight excluding hydrogens is 344 g/mol. The highest BCUT2D eigenvalue weighted by Gasteiger charge is 2.17. The van der Waals surface area contributed by atoms with Crippen LogP contribution in [0.1, 0.15) is 56.7 Å². The number of rotatable bonds is 6. The molecule has 3 aromatic rings. The van der Waals surface area contributed by atoms with Crippen molar-refractivity contribution in [3.63, 3.8) is 0 Å². The average Bonchev–Trinajstić information content (AvgIpc) is 3.26. The SMILES string of the molecule is Cc1nc(C(C)C)sc1C(=O)NCc1noc(Cc2cccs2)n1. The van der Waals surface area contributed by atoms with E-state index in [4.69, 9.17) is 4.52 Å². The summed E-state index contributed by atoms with van der Waals surface area (Å²) in [4.78, 5) is 22.9. The summed E-state index contributed by atoms with van der Waals surface area (Å²) in [7, 11) is 0. The first-order valence-corrected chi connectivity index (χ1v) is 9.32. The van der Waals surface area contributed by atoms with E-state index in [9.17, 15) is 4.79 Å². The normalized spacial score (nSPS) is 11.2. The lowest BCUT2D eigenvalue weighted by Gasteiger charge is -2.00. The molecule has 0 spiro atoms. The number of nitrogens with zero attached hydrogens (tertiary/aromatic N) is 3. The van der Waals surface area contributed by atoms with Crippen molar-refractivity contribution in [1.82, 2.24) is 20.4 Å². The van der Waals surface area contributed by atoms with Crippen molar-refractivity contribution in [2.24, 2.45) is 0 Å². The molecule has 0 saturated carbocycles. The van der Waals surface area contributed by atoms with E-state index in [-0.39, 0.29) is 12.5 Å². The Kier molecular flexibility index (Phi) is 5.06. The third kappa shape index (κ3) is 3.88. The molecule has 0 unspecified atom stereocenters. The molecular formula is C16H18N4O2S2. The summed E-state index contributed by atoms with van der Waals surface area (Å²) in [5.74, 6) is 1.19. The molecule has 3 aromatic heterocycles. The Morgan fingerprint density at radius 2 is 2.21 bits per heavy atom. The minimum Gasteiger partial charge on any atom is -0.344 e. The maximum absolute atomic E-state index is 12.3. The van der Waals surface area contributed by atoms with E-state index < -0.39 is 0 Å².